The van der Waals surface area contributed by atoms with Crippen LogP contribution in [0.4, 0.5) is 0 Å². The van der Waals surface area contributed by atoms with E-state index in [9.17, 15) is 24.0 Å². The summed E-state index contributed by atoms with van der Waals surface area (Å²) in [7, 11) is 4.93. The number of ether oxygens (including phenoxy) is 8. The van der Waals surface area contributed by atoms with E-state index in [2.05, 4.69) is 212 Å². The monoisotopic (exact) mass is 1940 g/mol. The molecule has 5 atom stereocenters. The summed E-state index contributed by atoms with van der Waals surface area (Å²) >= 11 is 0. The molecule has 0 bridgehead atoms. The lowest BCUT2D eigenvalue weighted by Crippen LogP contribution is -2.25. The largest absolute Gasteiger partial charge is 0.497 e. The van der Waals surface area contributed by atoms with Crippen molar-refractivity contribution >= 4 is 138 Å². The number of hydrogen-bond donors (Lipinski definition) is 0. The summed E-state index contributed by atoms with van der Waals surface area (Å²) in [6.07, 6.45) is -1.72. The maximum absolute atomic E-state index is 13.2. The smallest absolute Gasteiger partial charge is 0.312 e. The highest BCUT2D eigenvalue weighted by Crippen LogP contribution is 2.46. The first-order valence-corrected chi connectivity index (χ1v) is 50.1. The molecule has 5 unspecified atom stereocenters. The molecule has 0 saturated carbocycles. The van der Waals surface area contributed by atoms with E-state index in [1.165, 1.54) is 21.5 Å². The molecule has 0 N–H and O–H groups in total. The maximum atomic E-state index is 13.2. The van der Waals surface area contributed by atoms with Gasteiger partial charge >= 0.3 is 29.8 Å². The van der Waals surface area contributed by atoms with Crippen LogP contribution in [0.5, 0.6) is 17.2 Å². The molecule has 13 heteroatoms. The molecule has 0 fully saturated rings. The van der Waals surface area contributed by atoms with Crippen molar-refractivity contribution in [1.29, 1.82) is 0 Å². The van der Waals surface area contributed by atoms with E-state index >= 15 is 0 Å². The first kappa shape index (κ1) is 104. The number of carbonyl (C=O) groups is 5. The average molecular weight is 1950 g/mol. The van der Waals surface area contributed by atoms with Gasteiger partial charge in [-0.15, -0.1) is 0 Å². The van der Waals surface area contributed by atoms with E-state index in [1.54, 1.807) is 21.3 Å². The fourth-order valence-electron chi connectivity index (χ4n) is 18.0. The van der Waals surface area contributed by atoms with E-state index in [0.717, 1.165) is 159 Å². The quantitative estimate of drug-likeness (QED) is 0.0326. The highest BCUT2D eigenvalue weighted by Gasteiger charge is 2.36. The molecular weight excluding hydrogens is 1820 g/mol. The Morgan fingerprint density at radius 3 is 0.959 bits per heavy atom. The highest BCUT2D eigenvalue weighted by molar-refractivity contribution is 6.10. The topological polar surface area (TPSA) is 159 Å². The minimum Gasteiger partial charge on any atom is -0.497 e. The Hall–Kier alpha value is -16.3. The Morgan fingerprint density at radius 1 is 0.197 bits per heavy atom. The third-order valence-corrected chi connectivity index (χ3v) is 26.2. The summed E-state index contributed by atoms with van der Waals surface area (Å²) in [4.78, 5) is 64.3. The fraction of sp³-hybridized carbons (Fsp3) is 0.216. The molecule has 20 rings (SSSR count). The number of methoxy groups -OCH3 is 3. The molecule has 13 nitrogen and oxygen atoms in total. The van der Waals surface area contributed by atoms with Crippen LogP contribution in [0.25, 0.3) is 108 Å². The van der Waals surface area contributed by atoms with Crippen LogP contribution in [0.2, 0.25) is 0 Å². The van der Waals surface area contributed by atoms with Crippen LogP contribution < -0.4 is 14.2 Å². The zero-order valence-corrected chi connectivity index (χ0v) is 87.1. The number of esters is 5. The van der Waals surface area contributed by atoms with Crippen LogP contribution >= 0.6 is 0 Å². The molecule has 0 aliphatic carbocycles. The van der Waals surface area contributed by atoms with Gasteiger partial charge in [-0.05, 0) is 301 Å². The molecule has 742 valence electrons. The van der Waals surface area contributed by atoms with Gasteiger partial charge in [0.15, 0.2) is 24.4 Å². The molecule has 0 saturated heterocycles. The summed E-state index contributed by atoms with van der Waals surface area (Å²) in [5, 5.41) is 22.6. The van der Waals surface area contributed by atoms with Gasteiger partial charge in [-0.2, -0.15) is 0 Å². The Bertz CT molecular complexity index is 8130. The molecule has 147 heavy (non-hydrogen) atoms. The Labute approximate surface area is 862 Å². The second-order valence-electron chi connectivity index (χ2n) is 42.5. The van der Waals surface area contributed by atoms with Crippen LogP contribution in [-0.2, 0) is 54.1 Å². The van der Waals surface area contributed by atoms with Crippen LogP contribution in [0.3, 0.4) is 0 Å². The van der Waals surface area contributed by atoms with Gasteiger partial charge < -0.3 is 37.9 Å². The maximum Gasteiger partial charge on any atom is 0.312 e. The number of benzene rings is 20. The number of fused-ring (bicyclic) bond motifs is 11. The van der Waals surface area contributed by atoms with Crippen molar-refractivity contribution in [2.24, 2.45) is 27.1 Å². The summed E-state index contributed by atoms with van der Waals surface area (Å²) in [6, 6.07) is 138. The summed E-state index contributed by atoms with van der Waals surface area (Å²) < 4.78 is 46.7. The Kier molecular flexibility index (Phi) is 31.7. The van der Waals surface area contributed by atoms with Gasteiger partial charge in [0.2, 0.25) is 0 Å². The van der Waals surface area contributed by atoms with Crippen molar-refractivity contribution in [2.45, 2.75) is 141 Å². The predicted molar refractivity (Wildman–Crippen MR) is 601 cm³/mol. The SMILES string of the molecule is CC(C)(C)C(=O)OC(Cc1ccc2ccccc2c1)c1ccc2ccccc2c1.CC(C)(C)C(=O)OC(c1cccc2ccccc12)c1c2ccccc2cc2ccccc12.COc1ccc2cc(C(OC(=O)C(C)(C)C)c3cccc4ccccc34)ccc2c1.COc1cccc(C(OC(=O)C(C)(C)C)c2cc3ccccc3c3ccccc23)c1.COc1cccc(C(OC(=O)C(C)(C)C)c2ccc3ccccc3c2)c1. The molecule has 20 aromatic rings. The minimum atomic E-state index is -0.608. The van der Waals surface area contributed by atoms with Crippen LogP contribution in [0.15, 0.2) is 406 Å². The fourth-order valence-corrected chi connectivity index (χ4v) is 18.0. The lowest BCUT2D eigenvalue weighted by molar-refractivity contribution is -0.159. The first-order valence-electron chi connectivity index (χ1n) is 50.1. The lowest BCUT2D eigenvalue weighted by Gasteiger charge is -2.27. The van der Waals surface area contributed by atoms with Gasteiger partial charge in [0.05, 0.1) is 48.4 Å². The summed E-state index contributed by atoms with van der Waals surface area (Å²) in [6.45, 7) is 28.2. The zero-order valence-electron chi connectivity index (χ0n) is 87.1. The van der Waals surface area contributed by atoms with E-state index in [-0.39, 0.29) is 36.0 Å². The second kappa shape index (κ2) is 44.9. The van der Waals surface area contributed by atoms with Gasteiger partial charge in [-0.25, -0.2) is 0 Å². The van der Waals surface area contributed by atoms with Crippen molar-refractivity contribution in [3.05, 3.63) is 462 Å². The average Bonchev–Trinajstić information content (AvgIpc) is 0.744. The minimum absolute atomic E-state index is 0.184. The molecule has 0 aliphatic rings. The van der Waals surface area contributed by atoms with Crippen LogP contribution in [-0.4, -0.2) is 51.2 Å². The first-order chi connectivity index (χ1) is 70.5. The van der Waals surface area contributed by atoms with Crippen molar-refractivity contribution in [2.75, 3.05) is 21.3 Å². The van der Waals surface area contributed by atoms with Crippen LogP contribution in [0, 0.1) is 27.1 Å². The Morgan fingerprint density at radius 2 is 0.490 bits per heavy atom. The van der Waals surface area contributed by atoms with Crippen molar-refractivity contribution in [3.8, 4) is 17.2 Å². The third kappa shape index (κ3) is 24.9. The highest BCUT2D eigenvalue weighted by atomic mass is 16.6. The van der Waals surface area contributed by atoms with Gasteiger partial charge in [-0.3, -0.25) is 24.0 Å². The third-order valence-electron chi connectivity index (χ3n) is 26.2. The van der Waals surface area contributed by atoms with Gasteiger partial charge in [0.25, 0.3) is 0 Å². The van der Waals surface area contributed by atoms with E-state index < -0.39 is 51.5 Å². The zero-order chi connectivity index (χ0) is 104. The summed E-state index contributed by atoms with van der Waals surface area (Å²) in [5.74, 6) is 1.18. The van der Waals surface area contributed by atoms with Crippen molar-refractivity contribution in [1.82, 2.24) is 0 Å². The number of rotatable bonds is 19. The van der Waals surface area contributed by atoms with E-state index in [4.69, 9.17) is 37.9 Å². The van der Waals surface area contributed by atoms with Crippen molar-refractivity contribution in [3.63, 3.8) is 0 Å². The van der Waals surface area contributed by atoms with Gasteiger partial charge in [0, 0.05) is 39.8 Å². The molecule has 0 spiro atoms. The van der Waals surface area contributed by atoms with E-state index in [1.807, 2.05) is 298 Å². The summed E-state index contributed by atoms with van der Waals surface area (Å²) in [5.41, 5.74) is 6.90. The second-order valence-corrected chi connectivity index (χ2v) is 42.5. The molecule has 0 heterocycles. The predicted octanol–water partition coefficient (Wildman–Crippen LogP) is 33.6. The molecule has 0 aliphatic heterocycles. The molecule has 0 radical (unpaired) electrons. The Balaban J connectivity index is 0.000000131. The number of hydrogen-bond acceptors (Lipinski definition) is 13. The van der Waals surface area contributed by atoms with Crippen LogP contribution in [0.1, 0.15) is 190 Å². The molecule has 0 amide bonds. The lowest BCUT2D eigenvalue weighted by atomic mass is 9.88. The molecular formula is C134H128O13. The number of carbonyl (C=O) groups excluding carboxylic acids is 5. The van der Waals surface area contributed by atoms with Gasteiger partial charge in [-0.1, -0.05) is 340 Å². The normalized spacial score (nSPS) is 12.7. The standard InChI is InChI=1S/C30H26O2.2C27H26O3.C27H26O2.C23H24O3/c1-30(2,3)29(31)32-28(26-18-10-14-20-11-4-7-15-23(20)26)27-24-16-8-5-12-21(24)19-22-13-6-9-17-25(22)27;1-27(2,3)26(28)30-25(19-11-9-12-20(16-19)29-4)24-17-18-10-5-6-13-21(18)22-14-7-8-15-23(22)24;1-27(2,3)26(28)30-25(24-11-7-9-18-8-5-6-10-23(18)24)21-13-12-20-17-22(29-4)15-14-19(20)16-21;1-27(2,3)26(28)29-25(24-15-14-21-9-5-7-11-23(21)18-24)17-19-12-13-20-8-4-6-10-22(20)16-19;1-23(2,3)22(24)26-21(18-10-7-11-20(15-18)25-4)19-13-12-16-8-5-6-9-17(16)14-19/h4-19,28H,1-3H3;2*5-17,25H,1-4H3;4-16,18,25H,17H2,1-3H3;5-15,21H,1-4H3. The van der Waals surface area contributed by atoms with Gasteiger partial charge in [0.1, 0.15) is 23.4 Å². The van der Waals surface area contributed by atoms with E-state index in [0.29, 0.717) is 6.42 Å². The van der Waals surface area contributed by atoms with Crippen molar-refractivity contribution < 1.29 is 61.9 Å². The molecule has 0 aromatic heterocycles. The molecule has 20 aromatic carbocycles.